The number of aromatic nitrogens is 1. The number of rotatable bonds is 0. The molecule has 3 heteroatoms. The SMILES string of the molecule is CC1CCc2oc(N)nc2C1. The molecule has 0 amide bonds. The molecule has 2 N–H and O–H groups in total. The summed E-state index contributed by atoms with van der Waals surface area (Å²) >= 11 is 0. The number of fused-ring (bicyclic) bond motifs is 1. The summed E-state index contributed by atoms with van der Waals surface area (Å²) in [4.78, 5) is 4.11. The van der Waals surface area contributed by atoms with E-state index in [2.05, 4.69) is 11.9 Å². The lowest BCUT2D eigenvalue weighted by Gasteiger charge is -2.14. The predicted molar refractivity (Wildman–Crippen MR) is 42.1 cm³/mol. The van der Waals surface area contributed by atoms with Crippen LogP contribution in [0.3, 0.4) is 0 Å². The van der Waals surface area contributed by atoms with E-state index < -0.39 is 0 Å². The normalized spacial score (nSPS) is 23.2. The number of oxazole rings is 1. The summed E-state index contributed by atoms with van der Waals surface area (Å²) in [6.07, 6.45) is 3.22. The molecule has 2 rings (SSSR count). The monoisotopic (exact) mass is 152 g/mol. The maximum Gasteiger partial charge on any atom is 0.292 e. The van der Waals surface area contributed by atoms with E-state index in [-0.39, 0.29) is 0 Å². The van der Waals surface area contributed by atoms with Crippen molar-refractivity contribution in [3.05, 3.63) is 11.5 Å². The van der Waals surface area contributed by atoms with Crippen LogP contribution in [0.5, 0.6) is 0 Å². The number of nitrogens with zero attached hydrogens (tertiary/aromatic N) is 1. The molecular formula is C8H12N2O. The minimum absolute atomic E-state index is 0.323. The van der Waals surface area contributed by atoms with Crippen molar-refractivity contribution in [1.29, 1.82) is 0 Å². The molecule has 0 bridgehead atoms. The molecule has 1 aliphatic carbocycles. The van der Waals surface area contributed by atoms with Gasteiger partial charge in [-0.2, -0.15) is 4.98 Å². The molecule has 0 spiro atoms. The third-order valence-corrected chi connectivity index (χ3v) is 2.20. The molecule has 1 heterocycles. The van der Waals surface area contributed by atoms with Crippen LogP contribution in [0.4, 0.5) is 6.01 Å². The molecule has 1 unspecified atom stereocenters. The van der Waals surface area contributed by atoms with E-state index in [1.807, 2.05) is 0 Å². The van der Waals surface area contributed by atoms with Crippen LogP contribution in [0.1, 0.15) is 24.8 Å². The van der Waals surface area contributed by atoms with E-state index >= 15 is 0 Å². The van der Waals surface area contributed by atoms with Crippen LogP contribution in [-0.4, -0.2) is 4.98 Å². The number of nitrogen functional groups attached to an aromatic ring is 1. The fourth-order valence-electron chi connectivity index (χ4n) is 1.57. The molecule has 0 fully saturated rings. The second-order valence-corrected chi connectivity index (χ2v) is 3.27. The molecule has 1 aromatic rings. The molecule has 0 aromatic carbocycles. The zero-order valence-corrected chi connectivity index (χ0v) is 6.63. The highest BCUT2D eigenvalue weighted by molar-refractivity contribution is 5.22. The lowest BCUT2D eigenvalue weighted by atomic mass is 9.92. The van der Waals surface area contributed by atoms with Crippen molar-refractivity contribution in [3.63, 3.8) is 0 Å². The average molecular weight is 152 g/mol. The molecule has 60 valence electrons. The minimum atomic E-state index is 0.323. The number of hydrogen-bond donors (Lipinski definition) is 1. The zero-order valence-electron chi connectivity index (χ0n) is 6.63. The summed E-state index contributed by atoms with van der Waals surface area (Å²) in [6, 6.07) is 0.323. The van der Waals surface area contributed by atoms with Gasteiger partial charge in [-0.3, -0.25) is 0 Å². The van der Waals surface area contributed by atoms with Gasteiger partial charge in [0.25, 0.3) is 6.01 Å². The van der Waals surface area contributed by atoms with E-state index in [0.29, 0.717) is 6.01 Å². The van der Waals surface area contributed by atoms with Crippen LogP contribution in [0, 0.1) is 5.92 Å². The topological polar surface area (TPSA) is 52.0 Å². The second kappa shape index (κ2) is 2.26. The number of nitrogens with two attached hydrogens (primary N) is 1. The van der Waals surface area contributed by atoms with Crippen LogP contribution in [0.2, 0.25) is 0 Å². The number of aryl methyl sites for hydroxylation is 1. The fourth-order valence-corrected chi connectivity index (χ4v) is 1.57. The Morgan fingerprint density at radius 3 is 3.27 bits per heavy atom. The Morgan fingerprint density at radius 2 is 2.45 bits per heavy atom. The molecule has 0 saturated carbocycles. The lowest BCUT2D eigenvalue weighted by molar-refractivity contribution is 0.431. The predicted octanol–water partition coefficient (Wildman–Crippen LogP) is 1.38. The highest BCUT2D eigenvalue weighted by atomic mass is 16.4. The largest absolute Gasteiger partial charge is 0.429 e. The van der Waals surface area contributed by atoms with Crippen molar-refractivity contribution < 1.29 is 4.42 Å². The Labute approximate surface area is 65.6 Å². The van der Waals surface area contributed by atoms with Gasteiger partial charge in [0.15, 0.2) is 0 Å². The average Bonchev–Trinajstić information content (AvgIpc) is 2.27. The molecule has 0 aliphatic heterocycles. The van der Waals surface area contributed by atoms with Crippen LogP contribution >= 0.6 is 0 Å². The Hall–Kier alpha value is -0.990. The maximum atomic E-state index is 5.43. The quantitative estimate of drug-likeness (QED) is 0.611. The van der Waals surface area contributed by atoms with Crippen molar-refractivity contribution in [2.24, 2.45) is 5.92 Å². The van der Waals surface area contributed by atoms with Gasteiger partial charge in [-0.1, -0.05) is 6.92 Å². The first-order valence-corrected chi connectivity index (χ1v) is 4.00. The first kappa shape index (κ1) is 6.70. The van der Waals surface area contributed by atoms with Crippen molar-refractivity contribution in [1.82, 2.24) is 4.98 Å². The zero-order chi connectivity index (χ0) is 7.84. The van der Waals surface area contributed by atoms with E-state index in [0.717, 1.165) is 30.2 Å². The number of anilines is 1. The maximum absolute atomic E-state index is 5.43. The Bertz CT molecular complexity index is 267. The standard InChI is InChI=1S/C8H12N2O/c1-5-2-3-7-6(4-5)10-8(9)11-7/h5H,2-4H2,1H3,(H2,9,10). The van der Waals surface area contributed by atoms with Gasteiger partial charge in [0.05, 0.1) is 5.69 Å². The fraction of sp³-hybridized carbons (Fsp3) is 0.625. The van der Waals surface area contributed by atoms with Gasteiger partial charge in [0, 0.05) is 6.42 Å². The first-order chi connectivity index (χ1) is 5.25. The van der Waals surface area contributed by atoms with Crippen LogP contribution in [0.15, 0.2) is 4.42 Å². The Kier molecular flexibility index (Phi) is 1.37. The van der Waals surface area contributed by atoms with Crippen LogP contribution in [0.25, 0.3) is 0 Å². The van der Waals surface area contributed by atoms with E-state index in [9.17, 15) is 0 Å². The first-order valence-electron chi connectivity index (χ1n) is 4.00. The van der Waals surface area contributed by atoms with Gasteiger partial charge in [0.2, 0.25) is 0 Å². The van der Waals surface area contributed by atoms with Crippen LogP contribution in [-0.2, 0) is 12.8 Å². The molecule has 0 radical (unpaired) electrons. The van der Waals surface area contributed by atoms with Crippen LogP contribution < -0.4 is 5.73 Å². The van der Waals surface area contributed by atoms with Crippen molar-refractivity contribution in [3.8, 4) is 0 Å². The highest BCUT2D eigenvalue weighted by Gasteiger charge is 2.20. The van der Waals surface area contributed by atoms with Gasteiger partial charge in [-0.05, 0) is 18.8 Å². The molecule has 3 nitrogen and oxygen atoms in total. The van der Waals surface area contributed by atoms with E-state index in [4.69, 9.17) is 10.2 Å². The van der Waals surface area contributed by atoms with E-state index in [1.54, 1.807) is 0 Å². The van der Waals surface area contributed by atoms with Gasteiger partial charge in [0.1, 0.15) is 5.76 Å². The molecule has 11 heavy (non-hydrogen) atoms. The summed E-state index contributed by atoms with van der Waals surface area (Å²) in [5, 5.41) is 0. The third-order valence-electron chi connectivity index (χ3n) is 2.20. The summed E-state index contributed by atoms with van der Waals surface area (Å²) in [5.41, 5.74) is 6.50. The Balaban J connectivity index is 2.34. The smallest absolute Gasteiger partial charge is 0.292 e. The lowest BCUT2D eigenvalue weighted by Crippen LogP contribution is -2.09. The van der Waals surface area contributed by atoms with Gasteiger partial charge in [-0.15, -0.1) is 0 Å². The summed E-state index contributed by atoms with van der Waals surface area (Å²) in [7, 11) is 0. The molecule has 1 aromatic heterocycles. The van der Waals surface area contributed by atoms with Crippen molar-refractivity contribution >= 4 is 6.01 Å². The number of hydrogen-bond acceptors (Lipinski definition) is 3. The third kappa shape index (κ3) is 1.11. The minimum Gasteiger partial charge on any atom is -0.429 e. The van der Waals surface area contributed by atoms with Gasteiger partial charge in [-0.25, -0.2) is 0 Å². The van der Waals surface area contributed by atoms with E-state index in [1.165, 1.54) is 6.42 Å². The summed E-state index contributed by atoms with van der Waals surface area (Å²) in [6.45, 7) is 2.23. The summed E-state index contributed by atoms with van der Waals surface area (Å²) in [5.74, 6) is 1.73. The van der Waals surface area contributed by atoms with Crippen molar-refractivity contribution in [2.45, 2.75) is 26.2 Å². The van der Waals surface area contributed by atoms with Gasteiger partial charge < -0.3 is 10.2 Å². The molecular weight excluding hydrogens is 140 g/mol. The second-order valence-electron chi connectivity index (χ2n) is 3.27. The van der Waals surface area contributed by atoms with Gasteiger partial charge >= 0.3 is 0 Å². The molecule has 1 aliphatic rings. The highest BCUT2D eigenvalue weighted by Crippen LogP contribution is 2.25. The molecule has 0 saturated heterocycles. The Morgan fingerprint density at radius 1 is 1.64 bits per heavy atom. The summed E-state index contributed by atoms with van der Waals surface area (Å²) < 4.78 is 5.22. The van der Waals surface area contributed by atoms with Crippen molar-refractivity contribution in [2.75, 3.05) is 5.73 Å². The molecule has 1 atom stereocenters.